The molecule has 1 atom stereocenters. The average molecular weight is 320 g/mol. The fraction of sp³-hybridized carbons (Fsp3) is 0.455. The van der Waals surface area contributed by atoms with Gasteiger partial charge in [-0.3, -0.25) is 10.1 Å². The second-order valence-electron chi connectivity index (χ2n) is 4.41. The standard InChI is InChI=1S/C11H13FN2O6S/c12-10-5-9(1-2-11(10)14(16)17)21(18,19)13-3-4-20-8(6-13)7-15/h1-2,5,8,15H,3-4,6-7H2. The fourth-order valence-electron chi connectivity index (χ4n) is 1.97. The zero-order chi connectivity index (χ0) is 15.6. The number of ether oxygens (including phenoxy) is 1. The lowest BCUT2D eigenvalue weighted by atomic mass is 10.3. The first-order valence-electron chi connectivity index (χ1n) is 6.03. The Hall–Kier alpha value is -1.62. The molecule has 0 saturated carbocycles. The van der Waals surface area contributed by atoms with Crippen molar-refractivity contribution < 1.29 is 27.6 Å². The van der Waals surface area contributed by atoms with Gasteiger partial charge in [-0.15, -0.1) is 0 Å². The normalized spacial score (nSPS) is 20.4. The van der Waals surface area contributed by atoms with Gasteiger partial charge < -0.3 is 9.84 Å². The molecule has 0 aromatic heterocycles. The summed E-state index contributed by atoms with van der Waals surface area (Å²) in [4.78, 5) is 9.23. The predicted molar refractivity (Wildman–Crippen MR) is 68.6 cm³/mol. The van der Waals surface area contributed by atoms with Gasteiger partial charge in [-0.25, -0.2) is 8.42 Å². The number of aliphatic hydroxyl groups is 1. The third-order valence-electron chi connectivity index (χ3n) is 3.06. The van der Waals surface area contributed by atoms with Gasteiger partial charge in [0, 0.05) is 25.2 Å². The van der Waals surface area contributed by atoms with Crippen LogP contribution in [0.2, 0.25) is 0 Å². The number of rotatable bonds is 4. The van der Waals surface area contributed by atoms with Gasteiger partial charge in [0.05, 0.1) is 29.1 Å². The quantitative estimate of drug-likeness (QED) is 0.623. The number of nitro groups is 1. The maximum Gasteiger partial charge on any atom is 0.304 e. The summed E-state index contributed by atoms with van der Waals surface area (Å²) in [6.07, 6.45) is -0.642. The van der Waals surface area contributed by atoms with Crippen LogP contribution in [0.15, 0.2) is 23.1 Å². The van der Waals surface area contributed by atoms with Crippen molar-refractivity contribution in [1.29, 1.82) is 0 Å². The van der Waals surface area contributed by atoms with Gasteiger partial charge >= 0.3 is 5.69 Å². The average Bonchev–Trinajstić information content (AvgIpc) is 2.46. The Morgan fingerprint density at radius 3 is 2.81 bits per heavy atom. The molecule has 1 aliphatic rings. The molecule has 1 unspecified atom stereocenters. The fourth-order valence-corrected chi connectivity index (χ4v) is 3.43. The Kier molecular flexibility index (Phi) is 4.52. The Morgan fingerprint density at radius 2 is 2.24 bits per heavy atom. The molecular formula is C11H13FN2O6S. The molecule has 1 aliphatic heterocycles. The molecule has 0 bridgehead atoms. The van der Waals surface area contributed by atoms with E-state index in [4.69, 9.17) is 9.84 Å². The number of nitro benzene ring substituents is 1. The van der Waals surface area contributed by atoms with E-state index in [1.165, 1.54) is 0 Å². The molecule has 21 heavy (non-hydrogen) atoms. The molecule has 116 valence electrons. The van der Waals surface area contributed by atoms with Crippen molar-refractivity contribution in [2.75, 3.05) is 26.3 Å². The third-order valence-corrected chi connectivity index (χ3v) is 4.92. The van der Waals surface area contributed by atoms with Crippen molar-refractivity contribution in [2.45, 2.75) is 11.0 Å². The second kappa shape index (κ2) is 6.02. The Balaban J connectivity index is 2.31. The van der Waals surface area contributed by atoms with Crippen molar-refractivity contribution in [3.63, 3.8) is 0 Å². The van der Waals surface area contributed by atoms with Crippen molar-refractivity contribution in [3.8, 4) is 0 Å². The zero-order valence-electron chi connectivity index (χ0n) is 10.8. The molecular weight excluding hydrogens is 307 g/mol. The molecule has 2 rings (SSSR count). The number of halogens is 1. The number of morpholine rings is 1. The van der Waals surface area contributed by atoms with Crippen LogP contribution in [0.5, 0.6) is 0 Å². The molecule has 1 aromatic rings. The molecule has 1 aromatic carbocycles. The van der Waals surface area contributed by atoms with E-state index in [0.717, 1.165) is 16.4 Å². The lowest BCUT2D eigenvalue weighted by molar-refractivity contribution is -0.387. The Bertz CT molecular complexity index is 650. The maximum absolute atomic E-state index is 13.6. The highest BCUT2D eigenvalue weighted by Gasteiger charge is 2.31. The summed E-state index contributed by atoms with van der Waals surface area (Å²) in [5, 5.41) is 19.5. The number of benzene rings is 1. The highest BCUT2D eigenvalue weighted by atomic mass is 32.2. The molecule has 1 saturated heterocycles. The van der Waals surface area contributed by atoms with Gasteiger partial charge in [-0.1, -0.05) is 0 Å². The van der Waals surface area contributed by atoms with Crippen LogP contribution in [-0.2, 0) is 14.8 Å². The van der Waals surface area contributed by atoms with E-state index in [9.17, 15) is 22.9 Å². The zero-order valence-corrected chi connectivity index (χ0v) is 11.6. The van der Waals surface area contributed by atoms with E-state index in [0.29, 0.717) is 6.07 Å². The van der Waals surface area contributed by atoms with Crippen LogP contribution in [0.1, 0.15) is 0 Å². The monoisotopic (exact) mass is 320 g/mol. The highest BCUT2D eigenvalue weighted by molar-refractivity contribution is 7.89. The smallest absolute Gasteiger partial charge is 0.304 e. The topological polar surface area (TPSA) is 110 Å². The van der Waals surface area contributed by atoms with E-state index >= 15 is 0 Å². The third kappa shape index (κ3) is 3.18. The Labute approximate surface area is 119 Å². The summed E-state index contributed by atoms with van der Waals surface area (Å²) >= 11 is 0. The first-order chi connectivity index (χ1) is 9.86. The number of nitrogens with zero attached hydrogens (tertiary/aromatic N) is 2. The van der Waals surface area contributed by atoms with E-state index < -0.39 is 32.6 Å². The minimum Gasteiger partial charge on any atom is -0.394 e. The Morgan fingerprint density at radius 1 is 1.52 bits per heavy atom. The van der Waals surface area contributed by atoms with Crippen LogP contribution in [-0.4, -0.2) is 55.2 Å². The number of sulfonamides is 1. The summed E-state index contributed by atoms with van der Waals surface area (Å²) in [6.45, 7) is -0.213. The second-order valence-corrected chi connectivity index (χ2v) is 6.35. The molecule has 0 amide bonds. The molecule has 10 heteroatoms. The van der Waals surface area contributed by atoms with E-state index in [1.54, 1.807) is 0 Å². The van der Waals surface area contributed by atoms with Gasteiger partial charge in [0.15, 0.2) is 0 Å². The molecule has 0 radical (unpaired) electrons. The summed E-state index contributed by atoms with van der Waals surface area (Å²) in [7, 11) is -3.99. The van der Waals surface area contributed by atoms with E-state index in [2.05, 4.69) is 0 Å². The number of hydrogen-bond donors (Lipinski definition) is 1. The summed E-state index contributed by atoms with van der Waals surface area (Å²) in [6, 6.07) is 2.42. The SMILES string of the molecule is O=[N+]([O-])c1ccc(S(=O)(=O)N2CCOC(CO)C2)cc1F. The molecule has 1 fully saturated rings. The minimum atomic E-state index is -3.99. The number of aliphatic hydroxyl groups excluding tert-OH is 1. The van der Waals surface area contributed by atoms with Gasteiger partial charge in [-0.2, -0.15) is 8.70 Å². The van der Waals surface area contributed by atoms with Crippen LogP contribution in [0.25, 0.3) is 0 Å². The molecule has 1 N–H and O–H groups in total. The van der Waals surface area contributed by atoms with Crippen LogP contribution in [0.3, 0.4) is 0 Å². The molecule has 0 spiro atoms. The van der Waals surface area contributed by atoms with Gasteiger partial charge in [0.25, 0.3) is 0 Å². The van der Waals surface area contributed by atoms with Crippen molar-refractivity contribution in [1.82, 2.24) is 4.31 Å². The van der Waals surface area contributed by atoms with Crippen molar-refractivity contribution >= 4 is 15.7 Å². The van der Waals surface area contributed by atoms with Gasteiger partial charge in [0.2, 0.25) is 15.8 Å². The van der Waals surface area contributed by atoms with Crippen molar-refractivity contribution in [3.05, 3.63) is 34.1 Å². The van der Waals surface area contributed by atoms with Crippen molar-refractivity contribution in [2.24, 2.45) is 0 Å². The summed E-state index contributed by atoms with van der Waals surface area (Å²) < 4.78 is 44.4. The number of hydrogen-bond acceptors (Lipinski definition) is 6. The lowest BCUT2D eigenvalue weighted by Crippen LogP contribution is -2.46. The van der Waals surface area contributed by atoms with Crippen LogP contribution in [0.4, 0.5) is 10.1 Å². The predicted octanol–water partition coefficient (Wildman–Crippen LogP) is 0.116. The first-order valence-corrected chi connectivity index (χ1v) is 7.47. The lowest BCUT2D eigenvalue weighted by Gasteiger charge is -2.31. The molecule has 0 aliphatic carbocycles. The summed E-state index contributed by atoms with van der Waals surface area (Å²) in [5.74, 6) is -1.21. The van der Waals surface area contributed by atoms with Crippen LogP contribution in [0, 0.1) is 15.9 Å². The van der Waals surface area contributed by atoms with Crippen LogP contribution < -0.4 is 0 Å². The first kappa shape index (κ1) is 15.8. The molecule has 1 heterocycles. The van der Waals surface area contributed by atoms with Gasteiger partial charge in [-0.05, 0) is 6.07 Å². The largest absolute Gasteiger partial charge is 0.394 e. The highest BCUT2D eigenvalue weighted by Crippen LogP contribution is 2.24. The molecule has 8 nitrogen and oxygen atoms in total. The maximum atomic E-state index is 13.6. The van der Waals surface area contributed by atoms with E-state index in [-0.39, 0.29) is 31.2 Å². The minimum absolute atomic E-state index is 0.0581. The van der Waals surface area contributed by atoms with Gasteiger partial charge in [0.1, 0.15) is 0 Å². The summed E-state index contributed by atoms with van der Waals surface area (Å²) in [5.41, 5.74) is -0.788. The van der Waals surface area contributed by atoms with E-state index in [1.807, 2.05) is 0 Å². The van der Waals surface area contributed by atoms with Crippen LogP contribution >= 0.6 is 0 Å².